The van der Waals surface area contributed by atoms with E-state index in [0.29, 0.717) is 6.61 Å². The monoisotopic (exact) mass is 355 g/mol. The lowest BCUT2D eigenvalue weighted by molar-refractivity contribution is -0.746. The summed E-state index contributed by atoms with van der Waals surface area (Å²) in [6.45, 7) is 0.183. The maximum Gasteiger partial charge on any atom is 0.309 e. The van der Waals surface area contributed by atoms with Crippen molar-refractivity contribution < 1.29 is 34.1 Å². The molecule has 0 spiro atoms. The summed E-state index contributed by atoms with van der Waals surface area (Å²) in [5.74, 6) is -0.676. The van der Waals surface area contributed by atoms with Crippen LogP contribution in [0.15, 0.2) is 6.33 Å². The predicted molar refractivity (Wildman–Crippen MR) is 81.2 cm³/mol. The van der Waals surface area contributed by atoms with Crippen molar-refractivity contribution in [2.24, 2.45) is 7.05 Å². The minimum Gasteiger partial charge on any atom is -0.856 e. The summed E-state index contributed by atoms with van der Waals surface area (Å²) in [4.78, 5) is 7.74. The van der Waals surface area contributed by atoms with Gasteiger partial charge < -0.3 is 35.3 Å². The number of fused-ring (bicyclic) bond motifs is 1. The lowest BCUT2D eigenvalue weighted by Gasteiger charge is -2.19. The van der Waals surface area contributed by atoms with Crippen molar-refractivity contribution in [3.63, 3.8) is 0 Å². The Balaban J connectivity index is 2.02. The van der Waals surface area contributed by atoms with Crippen molar-refractivity contribution in [2.45, 2.75) is 24.5 Å². The number of nitrogens with two attached hydrogens (primary N) is 1. The SMILES string of the molecule is COCCO[C@@H]1[C@H](O)[C@@H](CO)O[C@H]1[n+]1cn(C)c2c([O-])nc(N)nc21. The fourth-order valence-corrected chi connectivity index (χ4v) is 2.95. The van der Waals surface area contributed by atoms with Crippen molar-refractivity contribution in [3.8, 4) is 5.88 Å². The molecule has 3 rings (SSSR count). The zero-order valence-electron chi connectivity index (χ0n) is 13.9. The Morgan fingerprint density at radius 2 is 2.20 bits per heavy atom. The molecule has 1 aliphatic rings. The molecular formula is C14H21N5O6. The number of ether oxygens (including phenoxy) is 3. The molecule has 1 fully saturated rings. The molecule has 4 N–H and O–H groups in total. The first kappa shape index (κ1) is 17.8. The Kier molecular flexibility index (Phi) is 5.01. The fraction of sp³-hybridized carbons (Fsp3) is 0.643. The third kappa shape index (κ3) is 3.12. The number of imidazole rings is 1. The van der Waals surface area contributed by atoms with Gasteiger partial charge in [0.25, 0.3) is 5.95 Å². The average molecular weight is 355 g/mol. The second-order valence-corrected chi connectivity index (χ2v) is 5.76. The molecule has 0 saturated carbocycles. The highest BCUT2D eigenvalue weighted by Gasteiger charge is 2.48. The Morgan fingerprint density at radius 1 is 1.44 bits per heavy atom. The Labute approximate surface area is 143 Å². The average Bonchev–Trinajstić information content (AvgIpc) is 3.05. The molecule has 2 aromatic rings. The van der Waals surface area contributed by atoms with E-state index in [1.165, 1.54) is 7.11 Å². The molecule has 11 heteroatoms. The molecule has 1 aliphatic heterocycles. The summed E-state index contributed by atoms with van der Waals surface area (Å²) in [7, 11) is 3.20. The van der Waals surface area contributed by atoms with E-state index in [-0.39, 0.29) is 30.3 Å². The van der Waals surface area contributed by atoms with Crippen LogP contribution >= 0.6 is 0 Å². The molecule has 11 nitrogen and oxygen atoms in total. The second-order valence-electron chi connectivity index (χ2n) is 5.76. The summed E-state index contributed by atoms with van der Waals surface area (Å²) in [5.41, 5.74) is 6.10. The van der Waals surface area contributed by atoms with E-state index in [0.717, 1.165) is 0 Å². The highest BCUT2D eigenvalue weighted by Crippen LogP contribution is 2.30. The van der Waals surface area contributed by atoms with Gasteiger partial charge in [-0.15, -0.1) is 0 Å². The van der Waals surface area contributed by atoms with Gasteiger partial charge in [-0.2, -0.15) is 0 Å². The number of nitrogens with zero attached hydrogens (tertiary/aromatic N) is 4. The minimum absolute atomic E-state index is 0.161. The third-order valence-corrected chi connectivity index (χ3v) is 4.11. The van der Waals surface area contributed by atoms with E-state index in [1.807, 2.05) is 0 Å². The number of hydrogen-bond donors (Lipinski definition) is 3. The molecule has 25 heavy (non-hydrogen) atoms. The molecule has 0 aliphatic carbocycles. The molecule has 138 valence electrons. The predicted octanol–water partition coefficient (Wildman–Crippen LogP) is -2.81. The normalized spacial score (nSPS) is 26.6. The Morgan fingerprint density at radius 3 is 2.88 bits per heavy atom. The van der Waals surface area contributed by atoms with Gasteiger partial charge in [-0.05, 0) is 0 Å². The highest BCUT2D eigenvalue weighted by atomic mass is 16.6. The molecule has 2 aromatic heterocycles. The zero-order valence-corrected chi connectivity index (χ0v) is 13.9. The third-order valence-electron chi connectivity index (χ3n) is 4.11. The van der Waals surface area contributed by atoms with E-state index in [4.69, 9.17) is 19.9 Å². The van der Waals surface area contributed by atoms with Crippen LogP contribution in [0.3, 0.4) is 0 Å². The van der Waals surface area contributed by atoms with Gasteiger partial charge in [-0.25, -0.2) is 9.55 Å². The van der Waals surface area contributed by atoms with Gasteiger partial charge in [0.2, 0.25) is 6.23 Å². The van der Waals surface area contributed by atoms with Gasteiger partial charge in [0.05, 0.1) is 26.9 Å². The molecule has 0 radical (unpaired) electrons. The number of aryl methyl sites for hydroxylation is 1. The number of nitrogen functional groups attached to an aromatic ring is 1. The maximum atomic E-state index is 12.1. The number of aliphatic hydroxyl groups is 2. The number of hydrogen-bond acceptors (Lipinski definition) is 9. The van der Waals surface area contributed by atoms with Crippen molar-refractivity contribution in [2.75, 3.05) is 32.7 Å². The van der Waals surface area contributed by atoms with Gasteiger partial charge in [-0.1, -0.05) is 4.98 Å². The van der Waals surface area contributed by atoms with E-state index < -0.39 is 30.4 Å². The smallest absolute Gasteiger partial charge is 0.309 e. The first-order chi connectivity index (χ1) is 12.0. The van der Waals surface area contributed by atoms with Crippen LogP contribution in [0.25, 0.3) is 11.2 Å². The van der Waals surface area contributed by atoms with Crippen molar-refractivity contribution in [1.82, 2.24) is 14.5 Å². The second kappa shape index (κ2) is 7.06. The standard InChI is InChI=1S/C14H21N5O6/c1-18-6-19(11-8(18)12(22)17-14(15)16-11)13-10(24-4-3-23-2)9(21)7(5-20)25-13/h6-7,9-10,13,20-21H,3-5H2,1-2H3,(H2-,15,16,17,22)/t7-,9-,10-,13-/m1/s1. The van der Waals surface area contributed by atoms with Crippen molar-refractivity contribution in [1.29, 1.82) is 0 Å². The summed E-state index contributed by atoms with van der Waals surface area (Å²) < 4.78 is 19.5. The van der Waals surface area contributed by atoms with Crippen LogP contribution in [0.1, 0.15) is 6.23 Å². The van der Waals surface area contributed by atoms with Crippen LogP contribution in [-0.4, -0.2) is 70.0 Å². The van der Waals surface area contributed by atoms with Gasteiger partial charge in [0.15, 0.2) is 11.8 Å². The topological polar surface area (TPSA) is 152 Å². The highest BCUT2D eigenvalue weighted by molar-refractivity contribution is 5.74. The molecular weight excluding hydrogens is 334 g/mol. The van der Waals surface area contributed by atoms with Gasteiger partial charge in [0.1, 0.15) is 18.3 Å². The van der Waals surface area contributed by atoms with Crippen LogP contribution in [0, 0.1) is 0 Å². The summed E-state index contributed by atoms with van der Waals surface area (Å²) in [5, 5.41) is 31.9. The van der Waals surface area contributed by atoms with Crippen LogP contribution in [0.4, 0.5) is 5.95 Å². The summed E-state index contributed by atoms with van der Waals surface area (Å²) >= 11 is 0. The Hall–Kier alpha value is -2.05. The lowest BCUT2D eigenvalue weighted by Crippen LogP contribution is -2.47. The van der Waals surface area contributed by atoms with E-state index >= 15 is 0 Å². The Bertz CT molecular complexity index is 753. The molecule has 1 saturated heterocycles. The van der Waals surface area contributed by atoms with E-state index in [9.17, 15) is 15.3 Å². The molecule has 0 bridgehead atoms. The minimum atomic E-state index is -1.06. The first-order valence-electron chi connectivity index (χ1n) is 7.73. The molecule has 0 aromatic carbocycles. The van der Waals surface area contributed by atoms with Gasteiger partial charge >= 0.3 is 5.65 Å². The quantitative estimate of drug-likeness (QED) is 0.368. The van der Waals surface area contributed by atoms with Crippen molar-refractivity contribution >= 4 is 17.1 Å². The largest absolute Gasteiger partial charge is 0.856 e. The number of methoxy groups -OCH3 is 1. The van der Waals surface area contributed by atoms with Crippen molar-refractivity contribution in [3.05, 3.63) is 6.33 Å². The zero-order chi connectivity index (χ0) is 18.1. The van der Waals surface area contributed by atoms with E-state index in [2.05, 4.69) is 9.97 Å². The maximum absolute atomic E-state index is 12.1. The van der Waals surface area contributed by atoms with Crippen LogP contribution in [0.5, 0.6) is 5.88 Å². The number of aliphatic hydroxyl groups excluding tert-OH is 2. The number of anilines is 1. The molecule has 3 heterocycles. The summed E-state index contributed by atoms with van der Waals surface area (Å²) in [6, 6.07) is 0. The first-order valence-corrected chi connectivity index (χ1v) is 7.73. The lowest BCUT2D eigenvalue weighted by atomic mass is 10.1. The summed E-state index contributed by atoms with van der Waals surface area (Å²) in [6.07, 6.45) is -1.88. The molecule has 0 amide bonds. The number of aromatic nitrogens is 4. The molecule has 4 atom stereocenters. The van der Waals surface area contributed by atoms with Crippen LogP contribution < -0.4 is 15.4 Å². The molecule has 0 unspecified atom stereocenters. The van der Waals surface area contributed by atoms with Crippen LogP contribution in [-0.2, 0) is 21.3 Å². The van der Waals surface area contributed by atoms with Crippen LogP contribution in [0.2, 0.25) is 0 Å². The number of rotatable bonds is 6. The van der Waals surface area contributed by atoms with E-state index in [1.54, 1.807) is 22.5 Å². The van der Waals surface area contributed by atoms with Gasteiger partial charge in [0, 0.05) is 13.0 Å². The van der Waals surface area contributed by atoms with Gasteiger partial charge in [-0.3, -0.25) is 4.57 Å². The fourth-order valence-electron chi connectivity index (χ4n) is 2.95.